The zero-order valence-electron chi connectivity index (χ0n) is 20.2. The van der Waals surface area contributed by atoms with Gasteiger partial charge in [0.25, 0.3) is 11.8 Å². The van der Waals surface area contributed by atoms with Gasteiger partial charge in [-0.05, 0) is 67.6 Å². The Balaban J connectivity index is 1.16. The van der Waals surface area contributed by atoms with E-state index in [0.29, 0.717) is 5.84 Å². The van der Waals surface area contributed by atoms with Gasteiger partial charge in [0.1, 0.15) is 11.4 Å². The Morgan fingerprint density at radius 2 is 2.00 bits per heavy atom. The molecular weight excluding hydrogens is 478 g/mol. The fraction of sp³-hybridized carbons (Fsp3) is 0.385. The van der Waals surface area contributed by atoms with Crippen LogP contribution < -0.4 is 5.32 Å². The van der Waals surface area contributed by atoms with Crippen LogP contribution in [0.5, 0.6) is 0 Å². The highest BCUT2D eigenvalue weighted by Crippen LogP contribution is 2.34. The number of carbonyl (C=O) groups excluding carboxylic acids is 2. The minimum atomic E-state index is -0.652. The van der Waals surface area contributed by atoms with Crippen LogP contribution in [0.1, 0.15) is 39.9 Å². The summed E-state index contributed by atoms with van der Waals surface area (Å²) in [4.78, 5) is 35.9. The summed E-state index contributed by atoms with van der Waals surface area (Å²) in [6.45, 7) is 3.73. The molecule has 2 aromatic carbocycles. The standard InChI is InChI=1S/C26H29N5O2S2/c1-17-14-20(24(32)30(2)3)5-4-18(17)8-13-35-31-11-9-26(10-12-31)25(33)28-23(29-26)19-6-7-21-22(15-19)34-16-27-21/h4-7,14-16H,8-13H2,1-3H3,(H,28,29,33). The quantitative estimate of drug-likeness (QED) is 0.512. The monoisotopic (exact) mass is 507 g/mol. The van der Waals surface area contributed by atoms with Gasteiger partial charge in [-0.2, -0.15) is 0 Å². The Morgan fingerprint density at radius 1 is 1.20 bits per heavy atom. The number of piperidine rings is 1. The van der Waals surface area contributed by atoms with E-state index in [1.807, 2.05) is 41.7 Å². The lowest BCUT2D eigenvalue weighted by atomic mass is 9.89. The molecule has 2 aliphatic rings. The van der Waals surface area contributed by atoms with Crippen molar-refractivity contribution in [3.63, 3.8) is 0 Å². The number of amides is 2. The first-order valence-corrected chi connectivity index (χ1v) is 13.6. The molecule has 3 aromatic rings. The number of thiazole rings is 1. The topological polar surface area (TPSA) is 77.9 Å². The van der Waals surface area contributed by atoms with Gasteiger partial charge in [0, 0.05) is 44.1 Å². The average Bonchev–Trinajstić information content (AvgIpc) is 3.45. The van der Waals surface area contributed by atoms with Crippen LogP contribution in [0.25, 0.3) is 10.2 Å². The first kappa shape index (κ1) is 24.0. The smallest absolute Gasteiger partial charge is 0.253 e. The first-order valence-electron chi connectivity index (χ1n) is 11.8. The second kappa shape index (κ2) is 9.72. The second-order valence-corrected chi connectivity index (χ2v) is 11.4. The van der Waals surface area contributed by atoms with Crippen LogP contribution >= 0.6 is 23.3 Å². The van der Waals surface area contributed by atoms with E-state index < -0.39 is 5.54 Å². The highest BCUT2D eigenvalue weighted by Gasteiger charge is 2.46. The van der Waals surface area contributed by atoms with Gasteiger partial charge in [0.05, 0.1) is 15.7 Å². The summed E-state index contributed by atoms with van der Waals surface area (Å²) in [5.41, 5.74) is 6.24. The van der Waals surface area contributed by atoms with Crippen LogP contribution in [-0.4, -0.2) is 70.3 Å². The van der Waals surface area contributed by atoms with Gasteiger partial charge in [0.15, 0.2) is 0 Å². The largest absolute Gasteiger partial charge is 0.345 e. The molecule has 0 unspecified atom stereocenters. The highest BCUT2D eigenvalue weighted by molar-refractivity contribution is 7.97. The molecule has 35 heavy (non-hydrogen) atoms. The van der Waals surface area contributed by atoms with Crippen molar-refractivity contribution >= 4 is 51.2 Å². The van der Waals surface area contributed by atoms with E-state index in [0.717, 1.165) is 65.0 Å². The number of aliphatic imine (C=N–C) groups is 1. The van der Waals surface area contributed by atoms with Crippen molar-refractivity contribution in [1.29, 1.82) is 0 Å². The number of benzene rings is 2. The number of nitrogens with zero attached hydrogens (tertiary/aromatic N) is 4. The van der Waals surface area contributed by atoms with E-state index in [1.165, 1.54) is 5.56 Å². The lowest BCUT2D eigenvalue weighted by Crippen LogP contribution is -2.47. The maximum atomic E-state index is 12.9. The molecule has 7 nitrogen and oxygen atoms in total. The van der Waals surface area contributed by atoms with E-state index in [4.69, 9.17) is 4.99 Å². The van der Waals surface area contributed by atoms with Crippen molar-refractivity contribution < 1.29 is 9.59 Å². The van der Waals surface area contributed by atoms with Crippen LogP contribution in [0.4, 0.5) is 0 Å². The molecule has 5 rings (SSSR count). The molecular formula is C26H29N5O2S2. The molecule has 9 heteroatoms. The zero-order valence-corrected chi connectivity index (χ0v) is 21.8. The Bertz CT molecular complexity index is 1310. The third kappa shape index (κ3) is 4.85. The molecule has 1 spiro atoms. The minimum Gasteiger partial charge on any atom is -0.345 e. The van der Waals surface area contributed by atoms with Crippen molar-refractivity contribution in [3.8, 4) is 0 Å². The van der Waals surface area contributed by atoms with Gasteiger partial charge in [0.2, 0.25) is 0 Å². The maximum Gasteiger partial charge on any atom is 0.253 e. The van der Waals surface area contributed by atoms with Gasteiger partial charge < -0.3 is 10.2 Å². The molecule has 0 aliphatic carbocycles. The SMILES string of the molecule is Cc1cc(C(=O)N(C)C)ccc1CCSN1CCC2(CC1)N=C(c1ccc3ncsc3c1)NC2=O. The molecule has 3 heterocycles. The molecule has 1 saturated heterocycles. The number of aryl methyl sites for hydroxylation is 2. The summed E-state index contributed by atoms with van der Waals surface area (Å²) in [5.74, 6) is 1.69. The Morgan fingerprint density at radius 3 is 2.74 bits per heavy atom. The second-order valence-electron chi connectivity index (χ2n) is 9.33. The van der Waals surface area contributed by atoms with Crippen molar-refractivity contribution in [1.82, 2.24) is 19.5 Å². The van der Waals surface area contributed by atoms with Gasteiger partial charge in [-0.25, -0.2) is 4.98 Å². The number of nitrogens with one attached hydrogen (secondary N) is 1. The van der Waals surface area contributed by atoms with Gasteiger partial charge in [-0.15, -0.1) is 11.3 Å². The van der Waals surface area contributed by atoms with Crippen molar-refractivity contribution in [2.45, 2.75) is 31.7 Å². The number of amidine groups is 1. The number of fused-ring (bicyclic) bond motifs is 1. The molecule has 0 bridgehead atoms. The summed E-state index contributed by atoms with van der Waals surface area (Å²) in [6, 6.07) is 12.0. The number of hydrogen-bond donors (Lipinski definition) is 1. The Hall–Kier alpha value is -2.75. The van der Waals surface area contributed by atoms with Crippen LogP contribution in [0.3, 0.4) is 0 Å². The maximum absolute atomic E-state index is 12.9. The van der Waals surface area contributed by atoms with Crippen LogP contribution in [0.15, 0.2) is 46.9 Å². The van der Waals surface area contributed by atoms with Gasteiger partial charge in [-0.1, -0.05) is 18.0 Å². The summed E-state index contributed by atoms with van der Waals surface area (Å²) in [6.07, 6.45) is 2.38. The van der Waals surface area contributed by atoms with E-state index in [2.05, 4.69) is 33.7 Å². The average molecular weight is 508 g/mol. The predicted octanol–water partition coefficient (Wildman–Crippen LogP) is 3.91. The molecule has 0 saturated carbocycles. The molecule has 2 aliphatic heterocycles. The number of aromatic nitrogens is 1. The van der Waals surface area contributed by atoms with Crippen molar-refractivity contribution in [3.05, 3.63) is 64.2 Å². The van der Waals surface area contributed by atoms with Crippen LogP contribution in [-0.2, 0) is 11.2 Å². The Labute approximate surface area is 213 Å². The van der Waals surface area contributed by atoms with E-state index in [-0.39, 0.29) is 11.8 Å². The fourth-order valence-corrected chi connectivity index (χ4v) is 6.36. The third-order valence-electron chi connectivity index (χ3n) is 6.78. The summed E-state index contributed by atoms with van der Waals surface area (Å²) < 4.78 is 3.45. The van der Waals surface area contributed by atoms with E-state index in [1.54, 1.807) is 30.3 Å². The summed E-state index contributed by atoms with van der Waals surface area (Å²) in [5, 5.41) is 3.04. The lowest BCUT2D eigenvalue weighted by molar-refractivity contribution is -0.124. The molecule has 0 atom stereocenters. The number of rotatable bonds is 6. The summed E-state index contributed by atoms with van der Waals surface area (Å²) in [7, 11) is 3.54. The summed E-state index contributed by atoms with van der Waals surface area (Å²) >= 11 is 3.42. The predicted molar refractivity (Wildman–Crippen MR) is 143 cm³/mol. The van der Waals surface area contributed by atoms with E-state index in [9.17, 15) is 9.59 Å². The molecule has 0 radical (unpaired) electrons. The fourth-order valence-electron chi connectivity index (χ4n) is 4.63. The lowest BCUT2D eigenvalue weighted by Gasteiger charge is -2.34. The molecule has 2 amide bonds. The molecule has 1 N–H and O–H groups in total. The van der Waals surface area contributed by atoms with Crippen molar-refractivity contribution in [2.24, 2.45) is 4.99 Å². The molecule has 1 fully saturated rings. The first-order chi connectivity index (χ1) is 16.8. The minimum absolute atomic E-state index is 0.0181. The zero-order chi connectivity index (χ0) is 24.6. The van der Waals surface area contributed by atoms with Crippen molar-refractivity contribution in [2.75, 3.05) is 32.9 Å². The number of hydrogen-bond acceptors (Lipinski definition) is 7. The molecule has 1 aromatic heterocycles. The molecule has 182 valence electrons. The van der Waals surface area contributed by atoms with Crippen LogP contribution in [0, 0.1) is 6.92 Å². The number of carbonyl (C=O) groups is 2. The van der Waals surface area contributed by atoms with Gasteiger partial charge >= 0.3 is 0 Å². The normalized spacial score (nSPS) is 17.6. The Kier molecular flexibility index (Phi) is 6.65. The van der Waals surface area contributed by atoms with Crippen LogP contribution in [0.2, 0.25) is 0 Å². The highest BCUT2D eigenvalue weighted by atomic mass is 32.2. The van der Waals surface area contributed by atoms with Gasteiger partial charge in [-0.3, -0.25) is 18.9 Å². The third-order valence-corrected chi connectivity index (χ3v) is 8.68. The van der Waals surface area contributed by atoms with E-state index >= 15 is 0 Å².